The van der Waals surface area contributed by atoms with Gasteiger partial charge in [-0.05, 0) is 60.8 Å². The lowest BCUT2D eigenvalue weighted by molar-refractivity contribution is -0.136. The highest BCUT2D eigenvalue weighted by Gasteiger charge is 2.26. The maximum absolute atomic E-state index is 10.8. The van der Waals surface area contributed by atoms with E-state index in [0.29, 0.717) is 0 Å². The number of rotatable bonds is 8. The topological polar surface area (TPSA) is 37.3 Å². The van der Waals surface area contributed by atoms with Crippen LogP contribution in [0.25, 0.3) is 5.57 Å². The molecule has 0 saturated heterocycles. The Morgan fingerprint density at radius 1 is 1.17 bits per heavy atom. The van der Waals surface area contributed by atoms with Crippen molar-refractivity contribution >= 4 is 11.5 Å². The van der Waals surface area contributed by atoms with Crippen molar-refractivity contribution in [3.8, 4) is 0 Å². The molecule has 0 spiro atoms. The summed E-state index contributed by atoms with van der Waals surface area (Å²) in [5, 5.41) is 8.87. The quantitative estimate of drug-likeness (QED) is 0.454. The minimum absolute atomic E-state index is 0.0113. The van der Waals surface area contributed by atoms with Gasteiger partial charge in [-0.25, -0.2) is 0 Å². The highest BCUT2D eigenvalue weighted by atomic mass is 16.4. The summed E-state index contributed by atoms with van der Waals surface area (Å²) in [6.07, 6.45) is 17.4. The molecule has 0 heterocycles. The van der Waals surface area contributed by atoms with Gasteiger partial charge in [0.2, 0.25) is 0 Å². The van der Waals surface area contributed by atoms with E-state index in [1.807, 2.05) is 12.2 Å². The number of carboxylic acids is 1. The summed E-state index contributed by atoms with van der Waals surface area (Å²) in [7, 11) is 0. The molecule has 2 nitrogen and oxygen atoms in total. The van der Waals surface area contributed by atoms with Gasteiger partial charge in [-0.15, -0.1) is 0 Å². The minimum Gasteiger partial charge on any atom is -0.481 e. The van der Waals surface area contributed by atoms with Gasteiger partial charge < -0.3 is 5.11 Å². The van der Waals surface area contributed by atoms with Gasteiger partial charge in [0.05, 0.1) is 6.42 Å². The lowest BCUT2D eigenvalue weighted by Gasteiger charge is -2.33. The molecule has 1 aromatic carbocycles. The Labute approximate surface area is 181 Å². The Bertz CT molecular complexity index is 916. The Balaban J connectivity index is 2.38. The molecule has 0 fully saturated rings. The molecule has 1 aliphatic carbocycles. The molecule has 1 aromatic rings. The summed E-state index contributed by atoms with van der Waals surface area (Å²) in [4.78, 5) is 10.8. The van der Waals surface area contributed by atoms with Crippen LogP contribution < -0.4 is 0 Å². The van der Waals surface area contributed by atoms with Crippen LogP contribution in [-0.2, 0) is 4.79 Å². The summed E-state index contributed by atoms with van der Waals surface area (Å²) in [6.45, 7) is 12.8. The predicted octanol–water partition coefficient (Wildman–Crippen LogP) is 7.60. The van der Waals surface area contributed by atoms with Crippen LogP contribution in [0.15, 0.2) is 90.1 Å². The summed E-state index contributed by atoms with van der Waals surface area (Å²) in [5.74, 6) is -0.847. The van der Waals surface area contributed by atoms with Gasteiger partial charge >= 0.3 is 5.97 Å². The first-order valence-corrected chi connectivity index (χ1v) is 10.6. The normalized spacial score (nSPS) is 17.7. The van der Waals surface area contributed by atoms with Crippen molar-refractivity contribution in [3.63, 3.8) is 0 Å². The first-order valence-electron chi connectivity index (χ1n) is 10.6. The van der Waals surface area contributed by atoms with Gasteiger partial charge in [-0.1, -0.05) is 98.4 Å². The molecule has 1 N–H and O–H groups in total. The van der Waals surface area contributed by atoms with E-state index in [-0.39, 0.29) is 11.8 Å². The lowest BCUT2D eigenvalue weighted by atomic mass is 9.72. The Morgan fingerprint density at radius 2 is 1.87 bits per heavy atom. The van der Waals surface area contributed by atoms with E-state index in [1.54, 1.807) is 12.2 Å². The lowest BCUT2D eigenvalue weighted by Crippen LogP contribution is -2.19. The Kier molecular flexibility index (Phi) is 8.41. The van der Waals surface area contributed by atoms with Gasteiger partial charge in [0.25, 0.3) is 0 Å². The number of aliphatic carboxylic acids is 1. The molecule has 2 rings (SSSR count). The third kappa shape index (κ3) is 6.88. The summed E-state index contributed by atoms with van der Waals surface area (Å²) < 4.78 is 0. The maximum atomic E-state index is 10.8. The van der Waals surface area contributed by atoms with Crippen molar-refractivity contribution in [2.75, 3.05) is 0 Å². The fourth-order valence-electron chi connectivity index (χ4n) is 3.86. The number of allylic oxidation sites excluding steroid dienone is 10. The van der Waals surface area contributed by atoms with Crippen molar-refractivity contribution in [2.24, 2.45) is 5.41 Å². The van der Waals surface area contributed by atoms with E-state index in [2.05, 4.69) is 76.8 Å². The Morgan fingerprint density at radius 3 is 2.47 bits per heavy atom. The summed E-state index contributed by atoms with van der Waals surface area (Å²) in [6, 6.07) is 8.53. The van der Waals surface area contributed by atoms with E-state index in [1.165, 1.54) is 36.0 Å². The molecule has 1 aliphatic rings. The van der Waals surface area contributed by atoms with Crippen molar-refractivity contribution < 1.29 is 9.90 Å². The van der Waals surface area contributed by atoms with Gasteiger partial charge in [0.1, 0.15) is 0 Å². The third-order valence-electron chi connectivity index (χ3n) is 5.67. The summed E-state index contributed by atoms with van der Waals surface area (Å²) >= 11 is 0. The molecule has 2 heteroatoms. The fourth-order valence-corrected chi connectivity index (χ4v) is 3.86. The van der Waals surface area contributed by atoms with Crippen LogP contribution in [-0.4, -0.2) is 11.1 Å². The first kappa shape index (κ1) is 23.4. The van der Waals surface area contributed by atoms with Crippen LogP contribution in [0.1, 0.15) is 57.6 Å². The van der Waals surface area contributed by atoms with Crippen LogP contribution in [0.3, 0.4) is 0 Å². The highest BCUT2D eigenvalue weighted by Crippen LogP contribution is 2.41. The highest BCUT2D eigenvalue weighted by molar-refractivity contribution is 5.76. The van der Waals surface area contributed by atoms with E-state index in [4.69, 9.17) is 5.11 Å². The zero-order valence-electron chi connectivity index (χ0n) is 18.7. The monoisotopic (exact) mass is 402 g/mol. The molecule has 0 amide bonds. The fraction of sp³-hybridized carbons (Fsp3) is 0.321. The molecule has 0 atom stereocenters. The number of hydrogen-bond acceptors (Lipinski definition) is 1. The van der Waals surface area contributed by atoms with Crippen molar-refractivity contribution in [1.29, 1.82) is 0 Å². The van der Waals surface area contributed by atoms with Gasteiger partial charge in [-0.3, -0.25) is 4.79 Å². The van der Waals surface area contributed by atoms with E-state index >= 15 is 0 Å². The standard InChI is InChI=1S/C28H34O2/c1-6-23(14-19-27(29)30)10-7-11-24(25-15-12-21(2)13-16-25)17-18-26-22(3)9-8-20-28(26,4)5/h6-7,10-18H,1,8-9,19-20H2,2-5H3,(H,29,30)/b10-7+,18-17+,23-14-,24-11-. The molecule has 0 aliphatic heterocycles. The molecule has 0 unspecified atom stereocenters. The molecular formula is C28H34O2. The van der Waals surface area contributed by atoms with Gasteiger partial charge in [-0.2, -0.15) is 0 Å². The zero-order chi connectivity index (χ0) is 22.1. The molecule has 0 saturated carbocycles. The van der Waals surface area contributed by atoms with Crippen molar-refractivity contribution in [1.82, 2.24) is 0 Å². The Hall–Kier alpha value is -2.87. The van der Waals surface area contributed by atoms with Crippen LogP contribution in [0.4, 0.5) is 0 Å². The van der Waals surface area contributed by atoms with Crippen LogP contribution in [0.5, 0.6) is 0 Å². The molecular weight excluding hydrogens is 368 g/mol. The average molecular weight is 403 g/mol. The van der Waals surface area contributed by atoms with E-state index in [0.717, 1.165) is 16.7 Å². The van der Waals surface area contributed by atoms with Gasteiger partial charge in [0.15, 0.2) is 0 Å². The zero-order valence-corrected chi connectivity index (χ0v) is 18.7. The SMILES string of the molecule is C=CC(=C/CC(=O)O)/C=C/C=C(/C=C/C1=C(C)CCCC1(C)C)c1ccc(C)cc1. The summed E-state index contributed by atoms with van der Waals surface area (Å²) in [5.41, 5.74) is 7.42. The number of carboxylic acid groups (broad SMARTS) is 1. The van der Waals surface area contributed by atoms with Crippen LogP contribution in [0.2, 0.25) is 0 Å². The third-order valence-corrected chi connectivity index (χ3v) is 5.67. The molecule has 30 heavy (non-hydrogen) atoms. The molecule has 0 aromatic heterocycles. The van der Waals surface area contributed by atoms with Crippen LogP contribution in [0, 0.1) is 12.3 Å². The largest absolute Gasteiger partial charge is 0.481 e. The van der Waals surface area contributed by atoms with Gasteiger partial charge in [0, 0.05) is 0 Å². The van der Waals surface area contributed by atoms with Crippen LogP contribution >= 0.6 is 0 Å². The number of carbonyl (C=O) groups is 1. The maximum Gasteiger partial charge on any atom is 0.307 e. The first-order chi connectivity index (χ1) is 14.2. The predicted molar refractivity (Wildman–Crippen MR) is 128 cm³/mol. The van der Waals surface area contributed by atoms with E-state index < -0.39 is 5.97 Å². The smallest absolute Gasteiger partial charge is 0.307 e. The number of aryl methyl sites for hydroxylation is 1. The second-order valence-corrected chi connectivity index (χ2v) is 8.62. The van der Waals surface area contributed by atoms with Crippen molar-refractivity contribution in [2.45, 2.75) is 53.4 Å². The molecule has 0 radical (unpaired) electrons. The second-order valence-electron chi connectivity index (χ2n) is 8.62. The number of benzene rings is 1. The second kappa shape index (κ2) is 10.8. The molecule has 158 valence electrons. The molecule has 0 bridgehead atoms. The number of hydrogen-bond donors (Lipinski definition) is 1. The minimum atomic E-state index is -0.847. The van der Waals surface area contributed by atoms with Crippen molar-refractivity contribution in [3.05, 3.63) is 101 Å². The average Bonchev–Trinajstić information content (AvgIpc) is 2.68. The van der Waals surface area contributed by atoms with E-state index in [9.17, 15) is 4.79 Å².